The topological polar surface area (TPSA) is 84.3 Å². The van der Waals surface area contributed by atoms with Crippen molar-refractivity contribution >= 4 is 51.6 Å². The fourth-order valence-corrected chi connectivity index (χ4v) is 4.64. The van der Waals surface area contributed by atoms with E-state index in [0.717, 1.165) is 36.6 Å². The molecule has 0 unspecified atom stereocenters. The molecule has 8 nitrogen and oxygen atoms in total. The van der Waals surface area contributed by atoms with Gasteiger partial charge >= 0.3 is 0 Å². The molecule has 1 saturated heterocycles. The van der Waals surface area contributed by atoms with Crippen LogP contribution in [0.2, 0.25) is 10.0 Å². The maximum absolute atomic E-state index is 13.2. The zero-order valence-corrected chi connectivity index (χ0v) is 19.9. The summed E-state index contributed by atoms with van der Waals surface area (Å²) >= 11 is 12.7. The van der Waals surface area contributed by atoms with Gasteiger partial charge in [-0.05, 0) is 42.5 Å². The van der Waals surface area contributed by atoms with Crippen LogP contribution in [0.5, 0.6) is 0 Å². The van der Waals surface area contributed by atoms with Gasteiger partial charge in [-0.3, -0.25) is 4.79 Å². The molecule has 1 fully saturated rings. The first-order valence-electron chi connectivity index (χ1n) is 10.8. The Morgan fingerprint density at radius 2 is 1.76 bits per heavy atom. The minimum atomic E-state index is -0.421. The van der Waals surface area contributed by atoms with E-state index in [0.29, 0.717) is 38.2 Å². The third kappa shape index (κ3) is 4.27. The van der Waals surface area contributed by atoms with Crippen LogP contribution in [0.15, 0.2) is 59.5 Å². The van der Waals surface area contributed by atoms with Gasteiger partial charge in [0.15, 0.2) is 5.65 Å². The van der Waals surface area contributed by atoms with Crippen LogP contribution in [0.25, 0.3) is 22.2 Å². The highest BCUT2D eigenvalue weighted by Gasteiger charge is 2.18. The number of hydrogen-bond donors (Lipinski definition) is 2. The van der Waals surface area contributed by atoms with Crippen LogP contribution in [-0.4, -0.2) is 48.0 Å². The molecule has 174 valence electrons. The van der Waals surface area contributed by atoms with E-state index in [4.69, 9.17) is 28.0 Å². The van der Waals surface area contributed by atoms with Gasteiger partial charge < -0.3 is 20.4 Å². The molecule has 1 aliphatic rings. The van der Waals surface area contributed by atoms with Gasteiger partial charge in [0.05, 0.1) is 15.6 Å². The first-order valence-corrected chi connectivity index (χ1v) is 11.5. The van der Waals surface area contributed by atoms with Crippen LogP contribution in [-0.2, 0) is 0 Å². The van der Waals surface area contributed by atoms with Crippen LogP contribution in [0.4, 0.5) is 17.3 Å². The number of anilines is 3. The second-order valence-corrected chi connectivity index (χ2v) is 8.63. The second-order valence-electron chi connectivity index (χ2n) is 7.82. The highest BCUT2D eigenvalue weighted by atomic mass is 35.5. The summed E-state index contributed by atoms with van der Waals surface area (Å²) in [4.78, 5) is 29.9. The van der Waals surface area contributed by atoms with Gasteiger partial charge in [-0.1, -0.05) is 29.3 Å². The molecule has 2 N–H and O–H groups in total. The molecule has 2 aromatic heterocycles. The van der Waals surface area contributed by atoms with E-state index >= 15 is 0 Å². The van der Waals surface area contributed by atoms with Crippen LogP contribution < -0.4 is 25.9 Å². The molecule has 0 aliphatic carbocycles. The molecular formula is C24H22Cl2N6O2. The Hall–Kier alpha value is -3.33. The van der Waals surface area contributed by atoms with Gasteiger partial charge in [0, 0.05) is 54.7 Å². The molecule has 0 atom stereocenters. The minimum Gasteiger partial charge on any atom is -0.412 e. The SMILES string of the molecule is COn1c(=O)c(-c2c(Cl)cccc2Cl)cc2cnc(Nc3ccc(N4CCNCC4)cc3)nc21. The fourth-order valence-electron chi connectivity index (χ4n) is 4.04. The number of nitrogens with zero attached hydrogens (tertiary/aromatic N) is 4. The molecule has 0 amide bonds. The quantitative estimate of drug-likeness (QED) is 0.432. The Bertz CT molecular complexity index is 1380. The van der Waals surface area contributed by atoms with Crippen LogP contribution in [0.1, 0.15) is 0 Å². The molecule has 3 heterocycles. The van der Waals surface area contributed by atoms with E-state index < -0.39 is 5.56 Å². The van der Waals surface area contributed by atoms with Crippen LogP contribution >= 0.6 is 23.2 Å². The van der Waals surface area contributed by atoms with Crippen LogP contribution in [0.3, 0.4) is 0 Å². The molecule has 0 saturated carbocycles. The van der Waals surface area contributed by atoms with Gasteiger partial charge in [0.2, 0.25) is 5.95 Å². The molecule has 34 heavy (non-hydrogen) atoms. The second kappa shape index (κ2) is 9.50. The summed E-state index contributed by atoms with van der Waals surface area (Å²) < 4.78 is 1.12. The lowest BCUT2D eigenvalue weighted by atomic mass is 10.1. The Morgan fingerprint density at radius 3 is 2.44 bits per heavy atom. The molecule has 10 heteroatoms. The molecule has 0 bridgehead atoms. The van der Waals surface area contributed by atoms with Gasteiger partial charge in [-0.25, -0.2) is 4.98 Å². The summed E-state index contributed by atoms with van der Waals surface area (Å²) in [6.07, 6.45) is 1.63. The Morgan fingerprint density at radius 1 is 1.06 bits per heavy atom. The number of rotatable bonds is 5. The summed E-state index contributed by atoms with van der Waals surface area (Å²) in [5, 5.41) is 7.90. The monoisotopic (exact) mass is 496 g/mol. The van der Waals surface area contributed by atoms with Crippen molar-refractivity contribution in [3.05, 3.63) is 75.1 Å². The summed E-state index contributed by atoms with van der Waals surface area (Å²) in [6.45, 7) is 3.93. The molecule has 2 aromatic carbocycles. The van der Waals surface area contributed by atoms with E-state index in [-0.39, 0.29) is 0 Å². The van der Waals surface area contributed by atoms with Gasteiger partial charge in [-0.15, -0.1) is 4.73 Å². The number of fused-ring (bicyclic) bond motifs is 1. The fraction of sp³-hybridized carbons (Fsp3) is 0.208. The van der Waals surface area contributed by atoms with Gasteiger partial charge in [0.25, 0.3) is 5.56 Å². The number of aromatic nitrogens is 3. The van der Waals surface area contributed by atoms with E-state index in [1.165, 1.54) is 12.8 Å². The van der Waals surface area contributed by atoms with Crippen molar-refractivity contribution in [1.82, 2.24) is 20.0 Å². The normalized spacial score (nSPS) is 13.8. The number of nitrogens with one attached hydrogen (secondary N) is 2. The number of halogens is 2. The minimum absolute atomic E-state index is 0.303. The van der Waals surface area contributed by atoms with Crippen molar-refractivity contribution in [1.29, 1.82) is 0 Å². The number of hydrogen-bond acceptors (Lipinski definition) is 7. The molecule has 0 spiro atoms. The summed E-state index contributed by atoms with van der Waals surface area (Å²) in [5.74, 6) is 0.344. The third-order valence-corrected chi connectivity index (χ3v) is 6.35. The highest BCUT2D eigenvalue weighted by molar-refractivity contribution is 6.39. The predicted molar refractivity (Wildman–Crippen MR) is 137 cm³/mol. The maximum atomic E-state index is 13.2. The van der Waals surface area contributed by atoms with Crippen molar-refractivity contribution in [3.63, 3.8) is 0 Å². The molecule has 4 aromatic rings. The Labute approximate surface area is 206 Å². The largest absolute Gasteiger partial charge is 0.412 e. The molecule has 0 radical (unpaired) electrons. The zero-order chi connectivity index (χ0) is 23.7. The highest BCUT2D eigenvalue weighted by Crippen LogP contribution is 2.33. The lowest BCUT2D eigenvalue weighted by Gasteiger charge is -2.29. The van der Waals surface area contributed by atoms with Crippen molar-refractivity contribution in [2.75, 3.05) is 43.5 Å². The van der Waals surface area contributed by atoms with E-state index in [9.17, 15) is 4.79 Å². The zero-order valence-electron chi connectivity index (χ0n) is 18.4. The predicted octanol–water partition coefficient (Wildman–Crippen LogP) is 3.98. The number of piperazine rings is 1. The summed E-state index contributed by atoms with van der Waals surface area (Å²) in [7, 11) is 1.41. The summed E-state index contributed by atoms with van der Waals surface area (Å²) in [5.41, 5.74) is 2.66. The smallest absolute Gasteiger partial charge is 0.293 e. The first-order chi connectivity index (χ1) is 16.5. The van der Waals surface area contributed by atoms with Crippen LogP contribution in [0, 0.1) is 0 Å². The Kier molecular flexibility index (Phi) is 6.28. The molecular weight excluding hydrogens is 475 g/mol. The van der Waals surface area contributed by atoms with Crippen molar-refractivity contribution in [2.24, 2.45) is 0 Å². The average molecular weight is 497 g/mol. The van der Waals surface area contributed by atoms with Crippen molar-refractivity contribution < 1.29 is 4.84 Å². The van der Waals surface area contributed by atoms with Gasteiger partial charge in [0.1, 0.15) is 7.11 Å². The molecule has 1 aliphatic heterocycles. The maximum Gasteiger partial charge on any atom is 0.293 e. The number of benzene rings is 2. The van der Waals surface area contributed by atoms with E-state index in [2.05, 4.69) is 37.6 Å². The Balaban J connectivity index is 1.48. The number of pyridine rings is 1. The summed E-state index contributed by atoms with van der Waals surface area (Å²) in [6, 6.07) is 14.9. The van der Waals surface area contributed by atoms with Crippen molar-refractivity contribution in [2.45, 2.75) is 0 Å². The van der Waals surface area contributed by atoms with E-state index in [1.54, 1.807) is 30.5 Å². The standard InChI is InChI=1S/C24H22Cl2N6O2/c1-34-32-22-15(13-18(23(32)33)21-19(25)3-2-4-20(21)26)14-28-24(30-22)29-16-5-7-17(8-6-16)31-11-9-27-10-12-31/h2-8,13-14,27H,9-12H2,1H3,(H,28,29,30). The van der Waals surface area contributed by atoms with E-state index in [1.807, 2.05) is 12.1 Å². The molecule has 5 rings (SSSR count). The van der Waals surface area contributed by atoms with Crippen molar-refractivity contribution in [3.8, 4) is 11.1 Å². The average Bonchev–Trinajstić information content (AvgIpc) is 2.85. The lowest BCUT2D eigenvalue weighted by molar-refractivity contribution is 0.168. The lowest BCUT2D eigenvalue weighted by Crippen LogP contribution is -2.43. The van der Waals surface area contributed by atoms with Gasteiger partial charge in [-0.2, -0.15) is 4.98 Å². The first kappa shape index (κ1) is 22.5. The third-order valence-electron chi connectivity index (χ3n) is 5.72.